The molecule has 0 aliphatic carbocycles. The van der Waals surface area contributed by atoms with E-state index in [4.69, 9.17) is 0 Å². The van der Waals surface area contributed by atoms with Crippen LogP contribution in [0.1, 0.15) is 22.8 Å². The Kier molecular flexibility index (Phi) is 4.04. The molecule has 1 fully saturated rings. The maximum absolute atomic E-state index is 11.3. The third-order valence-electron chi connectivity index (χ3n) is 4.69. The number of hydrogen-bond acceptors (Lipinski definition) is 2. The standard InChI is InChI=1S/C18H18N2O2.ClH/c1-19-9-8-13(11-19)20-16-5-3-2-4-14(16)15-7-6-12(18(21)22)10-17(15)20;/h2-7,10,13H,8-9,11H2,1H3,(H,21,22);1H/t13-;/m0./s1. The van der Waals surface area contributed by atoms with Gasteiger partial charge in [-0.15, -0.1) is 12.4 Å². The maximum atomic E-state index is 11.3. The van der Waals surface area contributed by atoms with E-state index in [0.29, 0.717) is 11.6 Å². The van der Waals surface area contributed by atoms with Crippen LogP contribution in [0.2, 0.25) is 0 Å². The third kappa shape index (κ3) is 2.48. The number of aromatic nitrogens is 1. The zero-order chi connectivity index (χ0) is 15.3. The van der Waals surface area contributed by atoms with Crippen molar-refractivity contribution >= 4 is 40.2 Å². The Labute approximate surface area is 140 Å². The van der Waals surface area contributed by atoms with Gasteiger partial charge in [-0.3, -0.25) is 0 Å². The molecule has 2 aromatic carbocycles. The van der Waals surface area contributed by atoms with Crippen LogP contribution in [0.3, 0.4) is 0 Å². The van der Waals surface area contributed by atoms with Crippen molar-refractivity contribution in [2.24, 2.45) is 0 Å². The highest BCUT2D eigenvalue weighted by Gasteiger charge is 2.24. The van der Waals surface area contributed by atoms with Crippen LogP contribution in [0.15, 0.2) is 42.5 Å². The molecule has 1 N–H and O–H groups in total. The summed E-state index contributed by atoms with van der Waals surface area (Å²) in [5, 5.41) is 11.6. The Morgan fingerprint density at radius 1 is 1.13 bits per heavy atom. The van der Waals surface area contributed by atoms with E-state index in [1.54, 1.807) is 6.07 Å². The van der Waals surface area contributed by atoms with Gasteiger partial charge in [-0.1, -0.05) is 24.3 Å². The molecule has 0 bridgehead atoms. The van der Waals surface area contributed by atoms with Gasteiger partial charge in [0.05, 0.1) is 11.1 Å². The summed E-state index contributed by atoms with van der Waals surface area (Å²) in [4.78, 5) is 13.7. The Hall–Kier alpha value is -2.04. The second kappa shape index (κ2) is 5.87. The minimum atomic E-state index is -0.873. The quantitative estimate of drug-likeness (QED) is 0.777. The van der Waals surface area contributed by atoms with Crippen LogP contribution in [-0.2, 0) is 0 Å². The minimum absolute atomic E-state index is 0. The highest BCUT2D eigenvalue weighted by Crippen LogP contribution is 2.35. The first kappa shape index (κ1) is 15.8. The van der Waals surface area contributed by atoms with Gasteiger partial charge >= 0.3 is 5.97 Å². The number of nitrogens with zero attached hydrogens (tertiary/aromatic N) is 2. The molecule has 1 aliphatic rings. The molecule has 0 saturated carbocycles. The molecule has 0 radical (unpaired) electrons. The summed E-state index contributed by atoms with van der Waals surface area (Å²) >= 11 is 0. The zero-order valence-electron chi connectivity index (χ0n) is 12.9. The van der Waals surface area contributed by atoms with Gasteiger partial charge in [-0.25, -0.2) is 4.79 Å². The second-order valence-electron chi connectivity index (χ2n) is 6.13. The molecule has 2 heterocycles. The number of fused-ring (bicyclic) bond motifs is 3. The number of hydrogen-bond donors (Lipinski definition) is 1. The largest absolute Gasteiger partial charge is 0.478 e. The van der Waals surface area contributed by atoms with Gasteiger partial charge in [0.1, 0.15) is 0 Å². The number of carboxylic acids is 1. The first-order chi connectivity index (χ1) is 10.6. The van der Waals surface area contributed by atoms with Crippen molar-refractivity contribution in [1.29, 1.82) is 0 Å². The molecule has 0 unspecified atom stereocenters. The van der Waals surface area contributed by atoms with Gasteiger partial charge in [-0.05, 0) is 38.2 Å². The van der Waals surface area contributed by atoms with Crippen molar-refractivity contribution < 1.29 is 9.90 Å². The first-order valence-electron chi connectivity index (χ1n) is 7.59. The number of likely N-dealkylation sites (N-methyl/N-ethyl adjacent to an activating group) is 1. The van der Waals surface area contributed by atoms with E-state index in [2.05, 4.69) is 34.7 Å². The molecule has 4 nitrogen and oxygen atoms in total. The van der Waals surface area contributed by atoms with Crippen LogP contribution >= 0.6 is 12.4 Å². The topological polar surface area (TPSA) is 45.5 Å². The van der Waals surface area contributed by atoms with E-state index < -0.39 is 5.97 Å². The second-order valence-corrected chi connectivity index (χ2v) is 6.13. The molecular formula is C18H19ClN2O2. The van der Waals surface area contributed by atoms with Crippen LogP contribution in [0.4, 0.5) is 0 Å². The van der Waals surface area contributed by atoms with Crippen molar-refractivity contribution in [3.05, 3.63) is 48.0 Å². The van der Waals surface area contributed by atoms with Gasteiger partial charge < -0.3 is 14.6 Å². The summed E-state index contributed by atoms with van der Waals surface area (Å²) < 4.78 is 2.33. The SMILES string of the molecule is CN1CC[C@H](n2c3ccccc3c3ccc(C(=O)O)cc32)C1.Cl. The predicted octanol–water partition coefficient (Wildman–Crippen LogP) is 3.79. The molecule has 1 saturated heterocycles. The van der Waals surface area contributed by atoms with Gasteiger partial charge in [0.25, 0.3) is 0 Å². The fourth-order valence-electron chi connectivity index (χ4n) is 3.65. The Morgan fingerprint density at radius 3 is 2.57 bits per heavy atom. The van der Waals surface area contributed by atoms with Crippen molar-refractivity contribution in [2.75, 3.05) is 20.1 Å². The summed E-state index contributed by atoms with van der Waals surface area (Å²) in [5.74, 6) is -0.873. The smallest absolute Gasteiger partial charge is 0.335 e. The Bertz CT molecular complexity index is 887. The average Bonchev–Trinajstić information content (AvgIpc) is 3.07. The predicted molar refractivity (Wildman–Crippen MR) is 94.8 cm³/mol. The van der Waals surface area contributed by atoms with Gasteiger partial charge in [0.15, 0.2) is 0 Å². The molecule has 0 amide bonds. The molecule has 120 valence electrons. The van der Waals surface area contributed by atoms with Gasteiger partial charge in [0, 0.05) is 28.9 Å². The fraction of sp³-hybridized carbons (Fsp3) is 0.278. The monoisotopic (exact) mass is 330 g/mol. The van der Waals surface area contributed by atoms with Crippen LogP contribution in [0.5, 0.6) is 0 Å². The van der Waals surface area contributed by atoms with E-state index in [1.165, 1.54) is 10.9 Å². The van der Waals surface area contributed by atoms with E-state index in [1.807, 2.05) is 18.2 Å². The van der Waals surface area contributed by atoms with Crippen molar-refractivity contribution in [3.8, 4) is 0 Å². The Balaban J connectivity index is 0.00000156. The summed E-state index contributed by atoms with van der Waals surface area (Å²) in [6, 6.07) is 14.2. The number of rotatable bonds is 2. The van der Waals surface area contributed by atoms with Crippen molar-refractivity contribution in [1.82, 2.24) is 9.47 Å². The molecule has 1 aromatic heterocycles. The average molecular weight is 331 g/mol. The van der Waals surface area contributed by atoms with Gasteiger partial charge in [-0.2, -0.15) is 0 Å². The van der Waals surface area contributed by atoms with Crippen LogP contribution < -0.4 is 0 Å². The number of carboxylic acid groups (broad SMARTS) is 1. The summed E-state index contributed by atoms with van der Waals surface area (Å²) in [6.07, 6.45) is 1.10. The summed E-state index contributed by atoms with van der Waals surface area (Å²) in [6.45, 7) is 2.09. The summed E-state index contributed by atoms with van der Waals surface area (Å²) in [5.41, 5.74) is 2.57. The lowest BCUT2D eigenvalue weighted by Gasteiger charge is -2.16. The number of likely N-dealkylation sites (tertiary alicyclic amines) is 1. The molecule has 0 spiro atoms. The number of aromatic carboxylic acids is 1. The first-order valence-corrected chi connectivity index (χ1v) is 7.59. The lowest BCUT2D eigenvalue weighted by atomic mass is 10.1. The number of para-hydroxylation sites is 1. The summed E-state index contributed by atoms with van der Waals surface area (Å²) in [7, 11) is 2.14. The Morgan fingerprint density at radius 2 is 1.87 bits per heavy atom. The third-order valence-corrected chi connectivity index (χ3v) is 4.69. The van der Waals surface area contributed by atoms with E-state index in [0.717, 1.165) is 30.4 Å². The van der Waals surface area contributed by atoms with Crippen LogP contribution in [-0.4, -0.2) is 40.7 Å². The number of carbonyl (C=O) groups is 1. The van der Waals surface area contributed by atoms with E-state index in [-0.39, 0.29) is 12.4 Å². The van der Waals surface area contributed by atoms with E-state index >= 15 is 0 Å². The van der Waals surface area contributed by atoms with Crippen molar-refractivity contribution in [3.63, 3.8) is 0 Å². The highest BCUT2D eigenvalue weighted by molar-refractivity contribution is 6.09. The fourth-order valence-corrected chi connectivity index (χ4v) is 3.65. The molecule has 1 atom stereocenters. The van der Waals surface area contributed by atoms with Crippen molar-refractivity contribution in [2.45, 2.75) is 12.5 Å². The molecule has 4 rings (SSSR count). The lowest BCUT2D eigenvalue weighted by Crippen LogP contribution is -2.16. The van der Waals surface area contributed by atoms with Crippen LogP contribution in [0, 0.1) is 0 Å². The highest BCUT2D eigenvalue weighted by atomic mass is 35.5. The molecule has 5 heteroatoms. The molecule has 3 aromatic rings. The minimum Gasteiger partial charge on any atom is -0.478 e. The zero-order valence-corrected chi connectivity index (χ0v) is 13.7. The molecule has 23 heavy (non-hydrogen) atoms. The number of benzene rings is 2. The molecular weight excluding hydrogens is 312 g/mol. The normalized spacial score (nSPS) is 18.4. The molecule has 1 aliphatic heterocycles. The maximum Gasteiger partial charge on any atom is 0.335 e. The van der Waals surface area contributed by atoms with Gasteiger partial charge in [0.2, 0.25) is 0 Å². The number of halogens is 1. The lowest BCUT2D eigenvalue weighted by molar-refractivity contribution is 0.0697. The van der Waals surface area contributed by atoms with E-state index in [9.17, 15) is 9.90 Å². The van der Waals surface area contributed by atoms with Crippen LogP contribution in [0.25, 0.3) is 21.8 Å².